The molecule has 3 aromatic rings. The number of nitrogens with zero attached hydrogens (tertiary/aromatic N) is 3. The molecule has 59 heavy (non-hydrogen) atoms. The fourth-order valence-corrected chi connectivity index (χ4v) is 6.11. The van der Waals surface area contributed by atoms with Gasteiger partial charge in [-0.1, -0.05) is 51.1 Å². The van der Waals surface area contributed by atoms with Gasteiger partial charge in [-0.15, -0.1) is 0 Å². The number of nitrogens with one attached hydrogen (secondary N) is 2. The first kappa shape index (κ1) is 47.4. The number of amides is 5. The first-order chi connectivity index (χ1) is 27.6. The number of hydrogen-bond donors (Lipinski definition) is 5. The summed E-state index contributed by atoms with van der Waals surface area (Å²) < 4.78 is 62.9. The number of aromatic nitrogens is 1. The molecule has 0 spiro atoms. The van der Waals surface area contributed by atoms with Crippen molar-refractivity contribution >= 4 is 35.5 Å². The van der Waals surface area contributed by atoms with Crippen LogP contribution in [0.5, 0.6) is 0 Å². The van der Waals surface area contributed by atoms with Gasteiger partial charge in [0.2, 0.25) is 17.7 Å². The summed E-state index contributed by atoms with van der Waals surface area (Å²) in [6, 6.07) is 13.3. The summed E-state index contributed by atoms with van der Waals surface area (Å²) in [5.74, 6) is -6.22. The number of hydrogen-bond acceptors (Lipinski definition) is 8. The number of nitrogens with two attached hydrogens (primary N) is 1. The summed E-state index contributed by atoms with van der Waals surface area (Å²) in [6.45, 7) is 5.67. The SMILES string of the molecule is CC(C)(C)[C@H](c1cc(-c2cc(F)ccc2F)cn1Cc1ccccc1)N(CC[C@H](N)CNC(=O)CCC(=O)NCCN1C(=O)C=CC1=O)C(=O)CO.O=C(O)C(F)(F)F. The Balaban J connectivity index is 0.00000122. The van der Waals surface area contributed by atoms with E-state index in [2.05, 4.69) is 10.6 Å². The Labute approximate surface area is 336 Å². The lowest BCUT2D eigenvalue weighted by Gasteiger charge is -2.41. The van der Waals surface area contributed by atoms with E-state index in [1.54, 1.807) is 12.3 Å². The van der Waals surface area contributed by atoms with E-state index in [0.717, 1.165) is 40.8 Å². The molecule has 19 heteroatoms. The van der Waals surface area contributed by atoms with E-state index in [1.807, 2.05) is 55.7 Å². The highest BCUT2D eigenvalue weighted by Gasteiger charge is 2.39. The van der Waals surface area contributed by atoms with Gasteiger partial charge in [-0.3, -0.25) is 28.9 Å². The van der Waals surface area contributed by atoms with Crippen LogP contribution >= 0.6 is 0 Å². The number of imide groups is 1. The van der Waals surface area contributed by atoms with Gasteiger partial charge in [0.25, 0.3) is 11.8 Å². The van der Waals surface area contributed by atoms with Gasteiger partial charge in [0.1, 0.15) is 18.2 Å². The Hall–Kier alpha value is -5.95. The molecule has 2 heterocycles. The van der Waals surface area contributed by atoms with Crippen LogP contribution in [0.4, 0.5) is 22.0 Å². The minimum Gasteiger partial charge on any atom is -0.475 e. The Morgan fingerprint density at radius 1 is 0.898 bits per heavy atom. The number of benzene rings is 2. The maximum atomic E-state index is 15.0. The van der Waals surface area contributed by atoms with E-state index in [1.165, 1.54) is 4.90 Å². The number of carboxylic acid groups (broad SMARTS) is 1. The molecule has 1 aromatic heterocycles. The highest BCUT2D eigenvalue weighted by molar-refractivity contribution is 6.12. The molecule has 0 aliphatic carbocycles. The standard InChI is InChI=1S/C38H46F2N6O6.C2HF3O2/c1-38(2,3)37(31-19-26(29-20-27(39)9-10-30(29)40)23-44(31)22-25-7-5-4-6-8-25)46(36(52)24-47)17-15-28(41)21-43-33(49)12-11-32(48)42-16-18-45-34(50)13-14-35(45)51;3-2(4,5)1(6)7/h4-10,13-14,19-20,23,28,37,47H,11-12,15-18,21-22,24,41H2,1-3H3,(H,42,48)(H,43,49);(H,6,7)/t28-,37-;/m0./s1. The number of alkyl halides is 3. The first-order valence-electron chi connectivity index (χ1n) is 18.3. The molecule has 2 aromatic carbocycles. The van der Waals surface area contributed by atoms with Crippen molar-refractivity contribution in [1.82, 2.24) is 25.0 Å². The number of carboxylic acids is 1. The van der Waals surface area contributed by atoms with Gasteiger partial charge in [-0.05, 0) is 41.7 Å². The zero-order valence-electron chi connectivity index (χ0n) is 32.6. The van der Waals surface area contributed by atoms with Crippen LogP contribution in [0.25, 0.3) is 11.1 Å². The van der Waals surface area contributed by atoms with Crippen LogP contribution in [-0.2, 0) is 35.3 Å². The Kier molecular flexibility index (Phi) is 17.0. The van der Waals surface area contributed by atoms with Gasteiger partial charge in [-0.25, -0.2) is 13.6 Å². The summed E-state index contributed by atoms with van der Waals surface area (Å²) in [6.07, 6.45) is -1.02. The lowest BCUT2D eigenvalue weighted by Crippen LogP contribution is -2.46. The topological polar surface area (TPSA) is 204 Å². The second-order valence-corrected chi connectivity index (χ2v) is 14.6. The number of carbonyl (C=O) groups is 6. The Morgan fingerprint density at radius 2 is 1.49 bits per heavy atom. The summed E-state index contributed by atoms with van der Waals surface area (Å²) in [5, 5.41) is 22.5. The quantitative estimate of drug-likeness (QED) is 0.0993. The summed E-state index contributed by atoms with van der Waals surface area (Å²) >= 11 is 0. The van der Waals surface area contributed by atoms with Gasteiger partial charge in [0.05, 0.1) is 6.04 Å². The molecular weight excluding hydrogens is 787 g/mol. The maximum absolute atomic E-state index is 15.0. The summed E-state index contributed by atoms with van der Waals surface area (Å²) in [5.41, 5.74) is 7.85. The van der Waals surface area contributed by atoms with Gasteiger partial charge in [0.15, 0.2) is 0 Å². The van der Waals surface area contributed by atoms with Gasteiger partial charge >= 0.3 is 12.1 Å². The van der Waals surface area contributed by atoms with Crippen LogP contribution in [0.1, 0.15) is 57.3 Å². The minimum absolute atomic E-state index is 0.0227. The molecule has 0 unspecified atom stereocenters. The molecule has 0 fully saturated rings. The van der Waals surface area contributed by atoms with E-state index in [9.17, 15) is 51.0 Å². The second kappa shape index (κ2) is 21.2. The van der Waals surface area contributed by atoms with Crippen LogP contribution in [0, 0.1) is 17.0 Å². The summed E-state index contributed by atoms with van der Waals surface area (Å²) in [4.78, 5) is 72.7. The van der Waals surface area contributed by atoms with Crippen molar-refractivity contribution in [3.05, 3.63) is 95.8 Å². The van der Waals surface area contributed by atoms with Gasteiger partial charge in [0, 0.05) is 86.8 Å². The van der Waals surface area contributed by atoms with Crippen LogP contribution < -0.4 is 16.4 Å². The first-order valence-corrected chi connectivity index (χ1v) is 18.3. The predicted molar refractivity (Wildman–Crippen MR) is 204 cm³/mol. The van der Waals surface area contributed by atoms with Crippen molar-refractivity contribution in [2.24, 2.45) is 11.1 Å². The fourth-order valence-electron chi connectivity index (χ4n) is 6.11. The fraction of sp³-hybridized carbons (Fsp3) is 0.400. The largest absolute Gasteiger partial charge is 0.490 e. The number of rotatable bonds is 17. The third kappa shape index (κ3) is 14.4. The van der Waals surface area contributed by atoms with Gasteiger partial charge < -0.3 is 36.0 Å². The van der Waals surface area contributed by atoms with E-state index in [-0.39, 0.29) is 51.0 Å². The van der Waals surface area contributed by atoms with Crippen molar-refractivity contribution in [2.45, 2.75) is 64.8 Å². The third-order valence-electron chi connectivity index (χ3n) is 8.91. The average molecular weight is 835 g/mol. The number of aliphatic hydroxyl groups is 1. The monoisotopic (exact) mass is 834 g/mol. The lowest BCUT2D eigenvalue weighted by atomic mass is 9.82. The molecule has 320 valence electrons. The number of aliphatic hydroxyl groups excluding tert-OH is 1. The van der Waals surface area contributed by atoms with Crippen LogP contribution in [0.3, 0.4) is 0 Å². The summed E-state index contributed by atoms with van der Waals surface area (Å²) in [7, 11) is 0. The van der Waals surface area contributed by atoms with Crippen LogP contribution in [-0.4, -0.2) is 105 Å². The molecule has 1 aliphatic rings. The molecule has 6 N–H and O–H groups in total. The van der Waals surface area contributed by atoms with Crippen molar-refractivity contribution in [3.63, 3.8) is 0 Å². The van der Waals surface area contributed by atoms with Crippen molar-refractivity contribution in [3.8, 4) is 11.1 Å². The lowest BCUT2D eigenvalue weighted by molar-refractivity contribution is -0.192. The molecule has 4 rings (SSSR count). The van der Waals surface area contributed by atoms with Crippen molar-refractivity contribution in [1.29, 1.82) is 0 Å². The van der Waals surface area contributed by atoms with E-state index in [4.69, 9.17) is 15.6 Å². The zero-order valence-corrected chi connectivity index (χ0v) is 32.6. The molecule has 1 aliphatic heterocycles. The highest BCUT2D eigenvalue weighted by Crippen LogP contribution is 2.41. The zero-order chi connectivity index (χ0) is 44.1. The molecule has 0 bridgehead atoms. The van der Waals surface area contributed by atoms with Crippen LogP contribution in [0.15, 0.2) is 72.9 Å². The van der Waals surface area contributed by atoms with E-state index < -0.39 is 77.4 Å². The van der Waals surface area contributed by atoms with E-state index >= 15 is 0 Å². The van der Waals surface area contributed by atoms with Crippen molar-refractivity contribution in [2.75, 3.05) is 32.8 Å². The van der Waals surface area contributed by atoms with E-state index in [0.29, 0.717) is 17.8 Å². The maximum Gasteiger partial charge on any atom is 0.490 e. The molecule has 0 saturated carbocycles. The van der Waals surface area contributed by atoms with Crippen molar-refractivity contribution < 1.29 is 60.9 Å². The molecular formula is C40H47F5N6O8. The number of halogens is 5. The normalized spacial score (nSPS) is 13.7. The van der Waals surface area contributed by atoms with Gasteiger partial charge in [-0.2, -0.15) is 13.2 Å². The molecule has 14 nitrogen and oxygen atoms in total. The number of carbonyl (C=O) groups excluding carboxylic acids is 5. The predicted octanol–water partition coefficient (Wildman–Crippen LogP) is 3.68. The highest BCUT2D eigenvalue weighted by atomic mass is 19.4. The molecule has 0 saturated heterocycles. The molecule has 2 atom stereocenters. The Morgan fingerprint density at radius 3 is 2.05 bits per heavy atom. The molecule has 5 amide bonds. The Bertz CT molecular complexity index is 1980. The van der Waals surface area contributed by atoms with Crippen LogP contribution in [0.2, 0.25) is 0 Å². The minimum atomic E-state index is -5.08. The average Bonchev–Trinajstić information content (AvgIpc) is 3.72. The third-order valence-corrected chi connectivity index (χ3v) is 8.91. The smallest absolute Gasteiger partial charge is 0.475 e. The molecule has 0 radical (unpaired) electrons. The second-order valence-electron chi connectivity index (χ2n) is 14.6. The number of aliphatic carboxylic acids is 1.